The molecule has 7 heteroatoms. The summed E-state index contributed by atoms with van der Waals surface area (Å²) in [5, 5.41) is 1.93. The van der Waals surface area contributed by atoms with E-state index in [9.17, 15) is 9.59 Å². The predicted molar refractivity (Wildman–Crippen MR) is 86.4 cm³/mol. The second-order valence-electron chi connectivity index (χ2n) is 5.05. The molecule has 0 radical (unpaired) electrons. The first-order valence-corrected chi connectivity index (χ1v) is 8.23. The summed E-state index contributed by atoms with van der Waals surface area (Å²) in [4.78, 5) is 29.0. The summed E-state index contributed by atoms with van der Waals surface area (Å²) in [5.74, 6) is -1.36. The maximum Gasteiger partial charge on any atom is 0.347 e. The molecule has 0 aliphatic carbocycles. The van der Waals surface area contributed by atoms with Gasteiger partial charge in [-0.05, 0) is 11.6 Å². The molecule has 0 spiro atoms. The predicted octanol–water partition coefficient (Wildman–Crippen LogP) is 3.79. The van der Waals surface area contributed by atoms with Gasteiger partial charge in [0.15, 0.2) is 0 Å². The highest BCUT2D eigenvalue weighted by Crippen LogP contribution is 2.25. The van der Waals surface area contributed by atoms with Gasteiger partial charge in [0.25, 0.3) is 5.91 Å². The molecule has 0 aromatic heterocycles. The Hall–Kier alpha value is -0.780. The Morgan fingerprint density at radius 1 is 1.33 bits per heavy atom. The number of hydrogen-bond acceptors (Lipinski definition) is 3. The molecule has 0 aliphatic rings. The van der Waals surface area contributed by atoms with Crippen molar-refractivity contribution in [2.75, 3.05) is 11.2 Å². The number of rotatable bonds is 5. The van der Waals surface area contributed by atoms with Crippen LogP contribution in [0.2, 0.25) is 5.02 Å². The van der Waals surface area contributed by atoms with Crippen molar-refractivity contribution in [2.24, 2.45) is 5.41 Å². The third-order valence-corrected chi connectivity index (χ3v) is 4.72. The number of alkyl halides is 2. The van der Waals surface area contributed by atoms with Crippen molar-refractivity contribution >= 4 is 51.0 Å². The molecule has 1 rings (SSSR count). The van der Waals surface area contributed by atoms with Crippen molar-refractivity contribution in [2.45, 2.75) is 20.4 Å². The fourth-order valence-electron chi connectivity index (χ4n) is 1.47. The summed E-state index contributed by atoms with van der Waals surface area (Å²) in [7, 11) is 0. The van der Waals surface area contributed by atoms with Gasteiger partial charge in [0.2, 0.25) is 0 Å². The number of amides is 1. The normalized spacial score (nSPS) is 11.1. The summed E-state index contributed by atoms with van der Waals surface area (Å²) in [6, 6.07) is 7.05. The molecular formula is C14H16BrCl2NO3. The van der Waals surface area contributed by atoms with Crippen LogP contribution in [0.25, 0.3) is 0 Å². The standard InChI is InChI=1S/C14H16BrCl2NO3/c1-14(2,9-15)13(20)18(21-12(19)7-16)8-10-5-3-4-6-11(10)17/h3-6H,7-9H2,1-2H3. The summed E-state index contributed by atoms with van der Waals surface area (Å²) >= 11 is 14.8. The largest absolute Gasteiger partial charge is 0.347 e. The van der Waals surface area contributed by atoms with E-state index < -0.39 is 11.4 Å². The van der Waals surface area contributed by atoms with E-state index in [-0.39, 0.29) is 18.3 Å². The number of hydroxylamine groups is 2. The van der Waals surface area contributed by atoms with E-state index in [2.05, 4.69) is 15.9 Å². The second-order valence-corrected chi connectivity index (χ2v) is 6.28. The van der Waals surface area contributed by atoms with E-state index in [1.54, 1.807) is 38.1 Å². The van der Waals surface area contributed by atoms with Crippen LogP contribution in [0.15, 0.2) is 24.3 Å². The van der Waals surface area contributed by atoms with E-state index in [1.807, 2.05) is 0 Å². The van der Waals surface area contributed by atoms with Crippen molar-refractivity contribution in [3.05, 3.63) is 34.9 Å². The van der Waals surface area contributed by atoms with Crippen molar-refractivity contribution in [3.8, 4) is 0 Å². The van der Waals surface area contributed by atoms with Crippen LogP contribution in [0, 0.1) is 5.41 Å². The van der Waals surface area contributed by atoms with E-state index in [1.165, 1.54) is 0 Å². The van der Waals surface area contributed by atoms with Crippen LogP contribution in [-0.2, 0) is 21.0 Å². The van der Waals surface area contributed by atoms with Gasteiger partial charge in [0.05, 0.1) is 12.0 Å². The first-order valence-electron chi connectivity index (χ1n) is 6.20. The molecule has 0 aliphatic heterocycles. The molecule has 0 fully saturated rings. The van der Waals surface area contributed by atoms with Crippen LogP contribution in [0.4, 0.5) is 0 Å². The first kappa shape index (κ1) is 18.3. The molecule has 0 N–H and O–H groups in total. The summed E-state index contributed by atoms with van der Waals surface area (Å²) in [5.41, 5.74) is -0.0475. The number of benzene rings is 1. The van der Waals surface area contributed by atoms with Crippen LogP contribution in [0.5, 0.6) is 0 Å². The van der Waals surface area contributed by atoms with Crippen LogP contribution in [0.1, 0.15) is 19.4 Å². The fraction of sp³-hybridized carbons (Fsp3) is 0.429. The maximum atomic E-state index is 12.5. The van der Waals surface area contributed by atoms with Crippen molar-refractivity contribution in [1.82, 2.24) is 5.06 Å². The van der Waals surface area contributed by atoms with Gasteiger partial charge in [-0.25, -0.2) is 4.79 Å². The van der Waals surface area contributed by atoms with Crippen molar-refractivity contribution in [1.29, 1.82) is 0 Å². The van der Waals surface area contributed by atoms with Gasteiger partial charge in [0, 0.05) is 10.4 Å². The van der Waals surface area contributed by atoms with Gasteiger partial charge in [0.1, 0.15) is 5.88 Å². The molecule has 4 nitrogen and oxygen atoms in total. The molecule has 0 bridgehead atoms. The Balaban J connectivity index is 3.00. The topological polar surface area (TPSA) is 46.6 Å². The third kappa shape index (κ3) is 5.16. The molecule has 0 heterocycles. The molecular weight excluding hydrogens is 381 g/mol. The van der Waals surface area contributed by atoms with Gasteiger partial charge >= 0.3 is 5.97 Å². The quantitative estimate of drug-likeness (QED) is 0.561. The number of halogens is 3. The van der Waals surface area contributed by atoms with E-state index >= 15 is 0 Å². The Morgan fingerprint density at radius 3 is 2.48 bits per heavy atom. The van der Waals surface area contributed by atoms with Gasteiger partial charge in [-0.3, -0.25) is 4.79 Å². The molecule has 1 aromatic carbocycles. The lowest BCUT2D eigenvalue weighted by atomic mass is 9.95. The second kappa shape index (κ2) is 8.01. The third-order valence-electron chi connectivity index (χ3n) is 2.73. The molecule has 1 amide bonds. The van der Waals surface area contributed by atoms with Crippen LogP contribution in [-0.4, -0.2) is 28.1 Å². The minimum absolute atomic E-state index is 0.0670. The molecule has 0 saturated carbocycles. The lowest BCUT2D eigenvalue weighted by Crippen LogP contribution is -2.42. The van der Waals surface area contributed by atoms with Crippen LogP contribution >= 0.6 is 39.1 Å². The van der Waals surface area contributed by atoms with Crippen LogP contribution in [0.3, 0.4) is 0 Å². The zero-order chi connectivity index (χ0) is 16.0. The fourth-order valence-corrected chi connectivity index (χ4v) is 1.95. The van der Waals surface area contributed by atoms with E-state index in [0.717, 1.165) is 5.06 Å². The average Bonchev–Trinajstić information content (AvgIpc) is 2.47. The molecule has 0 unspecified atom stereocenters. The summed E-state index contributed by atoms with van der Waals surface area (Å²) in [6.07, 6.45) is 0. The Bertz CT molecular complexity index is 523. The summed E-state index contributed by atoms with van der Waals surface area (Å²) < 4.78 is 0. The monoisotopic (exact) mass is 395 g/mol. The number of hydrogen-bond donors (Lipinski definition) is 0. The highest BCUT2D eigenvalue weighted by Gasteiger charge is 2.33. The number of carbonyl (C=O) groups excluding carboxylic acids is 2. The number of nitrogens with zero attached hydrogens (tertiary/aromatic N) is 1. The SMILES string of the molecule is CC(C)(CBr)C(=O)N(Cc1ccccc1Cl)OC(=O)CCl. The van der Waals surface area contributed by atoms with Crippen LogP contribution < -0.4 is 0 Å². The molecule has 0 atom stereocenters. The lowest BCUT2D eigenvalue weighted by Gasteiger charge is -2.29. The minimum Gasteiger partial charge on any atom is -0.336 e. The van der Waals surface area contributed by atoms with E-state index in [4.69, 9.17) is 28.0 Å². The highest BCUT2D eigenvalue weighted by molar-refractivity contribution is 9.09. The minimum atomic E-state index is -0.728. The Morgan fingerprint density at radius 2 is 1.95 bits per heavy atom. The van der Waals surface area contributed by atoms with Gasteiger partial charge in [-0.15, -0.1) is 11.6 Å². The molecule has 0 saturated heterocycles. The van der Waals surface area contributed by atoms with E-state index in [0.29, 0.717) is 15.9 Å². The van der Waals surface area contributed by atoms with Crippen molar-refractivity contribution in [3.63, 3.8) is 0 Å². The van der Waals surface area contributed by atoms with Gasteiger partial charge in [-0.1, -0.05) is 59.6 Å². The van der Waals surface area contributed by atoms with Crippen molar-refractivity contribution < 1.29 is 14.4 Å². The maximum absolute atomic E-state index is 12.5. The first-order chi connectivity index (χ1) is 9.81. The Kier molecular flexibility index (Phi) is 6.97. The zero-order valence-corrected chi connectivity index (χ0v) is 14.8. The molecule has 21 heavy (non-hydrogen) atoms. The molecule has 116 valence electrons. The molecule has 1 aromatic rings. The smallest absolute Gasteiger partial charge is 0.336 e. The lowest BCUT2D eigenvalue weighted by molar-refractivity contribution is -0.203. The average molecular weight is 397 g/mol. The zero-order valence-electron chi connectivity index (χ0n) is 11.7. The Labute approximate surface area is 142 Å². The summed E-state index contributed by atoms with van der Waals surface area (Å²) in [6.45, 7) is 3.56. The number of carbonyl (C=O) groups is 2. The van der Waals surface area contributed by atoms with Gasteiger partial charge in [-0.2, -0.15) is 5.06 Å². The highest BCUT2D eigenvalue weighted by atomic mass is 79.9. The van der Waals surface area contributed by atoms with Gasteiger partial charge < -0.3 is 4.84 Å².